The van der Waals surface area contributed by atoms with Crippen LogP contribution >= 0.6 is 0 Å². The molecule has 0 aromatic rings. The van der Waals surface area contributed by atoms with Gasteiger partial charge < -0.3 is 5.32 Å². The number of sulfonamides is 1. The first kappa shape index (κ1) is 19.2. The van der Waals surface area contributed by atoms with E-state index in [1.165, 1.54) is 25.7 Å². The zero-order valence-corrected chi connectivity index (χ0v) is 16.2. The largest absolute Gasteiger partial charge is 0.353 e. The van der Waals surface area contributed by atoms with Crippen molar-refractivity contribution in [1.82, 2.24) is 9.62 Å². The number of hydrogen-bond donors (Lipinski definition) is 1. The molecule has 3 aliphatic rings. The summed E-state index contributed by atoms with van der Waals surface area (Å²) in [4.78, 5) is 12.6. The molecule has 3 rings (SSSR count). The molecule has 5 nitrogen and oxygen atoms in total. The van der Waals surface area contributed by atoms with E-state index in [4.69, 9.17) is 0 Å². The topological polar surface area (TPSA) is 66.5 Å². The first-order chi connectivity index (χ1) is 12.1. The summed E-state index contributed by atoms with van der Waals surface area (Å²) < 4.78 is 27.3. The lowest BCUT2D eigenvalue weighted by Crippen LogP contribution is -2.47. The maximum absolute atomic E-state index is 12.8. The lowest BCUT2D eigenvalue weighted by Gasteiger charge is -2.34. The van der Waals surface area contributed by atoms with Gasteiger partial charge in [0.25, 0.3) is 0 Å². The maximum atomic E-state index is 12.8. The summed E-state index contributed by atoms with van der Waals surface area (Å²) >= 11 is 0. The number of amides is 1. The second-order valence-corrected chi connectivity index (χ2v) is 10.4. The highest BCUT2D eigenvalue weighted by molar-refractivity contribution is 7.89. The first-order valence-corrected chi connectivity index (χ1v) is 11.9. The third kappa shape index (κ3) is 4.97. The van der Waals surface area contributed by atoms with Crippen LogP contribution < -0.4 is 5.32 Å². The highest BCUT2D eigenvalue weighted by atomic mass is 32.2. The molecule has 1 amide bonds. The van der Waals surface area contributed by atoms with Gasteiger partial charge in [-0.1, -0.05) is 44.9 Å². The fourth-order valence-electron chi connectivity index (χ4n) is 4.69. The van der Waals surface area contributed by atoms with Gasteiger partial charge in [0.1, 0.15) is 0 Å². The van der Waals surface area contributed by atoms with Crippen LogP contribution in [0.2, 0.25) is 0 Å². The predicted octanol–water partition coefficient (Wildman–Crippen LogP) is 3.20. The van der Waals surface area contributed by atoms with E-state index in [1.54, 1.807) is 4.31 Å². The lowest BCUT2D eigenvalue weighted by atomic mass is 9.96. The van der Waals surface area contributed by atoms with Crippen LogP contribution in [-0.2, 0) is 14.8 Å². The van der Waals surface area contributed by atoms with E-state index in [0.717, 1.165) is 44.9 Å². The Balaban J connectivity index is 1.48. The molecule has 1 saturated heterocycles. The van der Waals surface area contributed by atoms with Crippen molar-refractivity contribution in [3.05, 3.63) is 0 Å². The molecular formula is C19H34N2O3S. The molecule has 6 heteroatoms. The zero-order chi connectivity index (χ0) is 17.7. The fourth-order valence-corrected chi connectivity index (χ4v) is 6.76. The number of nitrogens with zero attached hydrogens (tertiary/aromatic N) is 1. The molecule has 1 heterocycles. The molecule has 2 saturated carbocycles. The van der Waals surface area contributed by atoms with Gasteiger partial charge in [0.15, 0.2) is 0 Å². The quantitative estimate of drug-likeness (QED) is 0.773. The molecule has 144 valence electrons. The minimum absolute atomic E-state index is 0.0129. The van der Waals surface area contributed by atoms with Crippen LogP contribution in [0.4, 0.5) is 0 Å². The summed E-state index contributed by atoms with van der Waals surface area (Å²) in [7, 11) is -3.16. The van der Waals surface area contributed by atoms with Gasteiger partial charge in [-0.3, -0.25) is 4.79 Å². The molecule has 2 aliphatic carbocycles. The third-order valence-electron chi connectivity index (χ3n) is 6.36. The van der Waals surface area contributed by atoms with Crippen LogP contribution in [0.1, 0.15) is 83.5 Å². The minimum atomic E-state index is -3.16. The molecule has 0 aromatic carbocycles. The van der Waals surface area contributed by atoms with Crippen molar-refractivity contribution in [1.29, 1.82) is 0 Å². The highest BCUT2D eigenvalue weighted by Crippen LogP contribution is 2.29. The molecular weight excluding hydrogens is 336 g/mol. The van der Waals surface area contributed by atoms with Gasteiger partial charge in [-0.05, 0) is 38.5 Å². The summed E-state index contributed by atoms with van der Waals surface area (Å²) in [5, 5.41) is 3.06. The van der Waals surface area contributed by atoms with Crippen molar-refractivity contribution < 1.29 is 13.2 Å². The van der Waals surface area contributed by atoms with E-state index in [0.29, 0.717) is 32.0 Å². The molecule has 0 atom stereocenters. The monoisotopic (exact) mass is 370 g/mol. The molecule has 1 aliphatic heterocycles. The van der Waals surface area contributed by atoms with Crippen molar-refractivity contribution in [3.8, 4) is 0 Å². The number of carbonyl (C=O) groups is 1. The van der Waals surface area contributed by atoms with E-state index in [-0.39, 0.29) is 17.1 Å². The van der Waals surface area contributed by atoms with Crippen molar-refractivity contribution in [2.75, 3.05) is 13.1 Å². The van der Waals surface area contributed by atoms with Crippen LogP contribution in [0, 0.1) is 5.92 Å². The molecule has 1 N–H and O–H groups in total. The number of hydrogen-bond acceptors (Lipinski definition) is 3. The summed E-state index contributed by atoms with van der Waals surface area (Å²) in [5.74, 6) is 0.141. The Kier molecular flexibility index (Phi) is 6.78. The number of nitrogens with one attached hydrogen (secondary N) is 1. The van der Waals surface area contributed by atoms with E-state index in [1.807, 2.05) is 0 Å². The molecule has 0 spiro atoms. The van der Waals surface area contributed by atoms with Gasteiger partial charge in [0.2, 0.25) is 15.9 Å². The Morgan fingerprint density at radius 3 is 1.88 bits per heavy atom. The van der Waals surface area contributed by atoms with Crippen molar-refractivity contribution in [2.24, 2.45) is 5.92 Å². The summed E-state index contributed by atoms with van der Waals surface area (Å²) in [6.07, 6.45) is 13.4. The predicted molar refractivity (Wildman–Crippen MR) is 99.7 cm³/mol. The Morgan fingerprint density at radius 1 is 0.760 bits per heavy atom. The van der Waals surface area contributed by atoms with Crippen LogP contribution in [-0.4, -0.2) is 43.0 Å². The first-order valence-electron chi connectivity index (χ1n) is 10.4. The van der Waals surface area contributed by atoms with Crippen LogP contribution in [0.3, 0.4) is 0 Å². The zero-order valence-electron chi connectivity index (χ0n) is 15.4. The standard InChI is InChI=1S/C19H34N2O3S/c22-19(20-17-8-4-1-2-5-9-17)16-12-14-21(15-13-16)25(23,24)18-10-6-3-7-11-18/h16-18H,1-15H2,(H,20,22). The lowest BCUT2D eigenvalue weighted by molar-refractivity contribution is -0.126. The van der Waals surface area contributed by atoms with Crippen molar-refractivity contribution in [2.45, 2.75) is 94.8 Å². The second-order valence-electron chi connectivity index (χ2n) is 8.18. The van der Waals surface area contributed by atoms with E-state index in [2.05, 4.69) is 5.32 Å². The van der Waals surface area contributed by atoms with Crippen molar-refractivity contribution >= 4 is 15.9 Å². The van der Waals surface area contributed by atoms with E-state index in [9.17, 15) is 13.2 Å². The minimum Gasteiger partial charge on any atom is -0.353 e. The average molecular weight is 371 g/mol. The number of carbonyl (C=O) groups excluding carboxylic acids is 1. The number of rotatable bonds is 4. The normalized spacial score (nSPS) is 26.2. The van der Waals surface area contributed by atoms with Gasteiger partial charge in [-0.2, -0.15) is 0 Å². The maximum Gasteiger partial charge on any atom is 0.223 e. The fraction of sp³-hybridized carbons (Fsp3) is 0.947. The molecule has 25 heavy (non-hydrogen) atoms. The smallest absolute Gasteiger partial charge is 0.223 e. The molecule has 3 fully saturated rings. The number of piperidine rings is 1. The van der Waals surface area contributed by atoms with Crippen LogP contribution in [0.25, 0.3) is 0 Å². The molecule has 0 radical (unpaired) electrons. The van der Waals surface area contributed by atoms with Gasteiger partial charge in [0, 0.05) is 25.0 Å². The van der Waals surface area contributed by atoms with E-state index < -0.39 is 10.0 Å². The average Bonchev–Trinajstić information content (AvgIpc) is 2.91. The summed E-state index contributed by atoms with van der Waals surface area (Å²) in [5.41, 5.74) is 0. The van der Waals surface area contributed by atoms with Gasteiger partial charge in [0.05, 0.1) is 5.25 Å². The molecule has 0 bridgehead atoms. The summed E-state index contributed by atoms with van der Waals surface area (Å²) in [6.45, 7) is 1.03. The van der Waals surface area contributed by atoms with Crippen molar-refractivity contribution in [3.63, 3.8) is 0 Å². The Hall–Kier alpha value is -0.620. The van der Waals surface area contributed by atoms with E-state index >= 15 is 0 Å². The van der Waals surface area contributed by atoms with Gasteiger partial charge in [-0.15, -0.1) is 0 Å². The SMILES string of the molecule is O=C(NC1CCCCCC1)C1CCN(S(=O)(=O)C2CCCCC2)CC1. The highest BCUT2D eigenvalue weighted by Gasteiger charge is 2.36. The van der Waals surface area contributed by atoms with Crippen LogP contribution in [0.15, 0.2) is 0 Å². The second kappa shape index (κ2) is 8.85. The Morgan fingerprint density at radius 2 is 1.28 bits per heavy atom. The Labute approximate surface area is 153 Å². The Bertz CT molecular complexity index is 527. The third-order valence-corrected chi connectivity index (χ3v) is 8.76. The van der Waals surface area contributed by atoms with Gasteiger partial charge in [-0.25, -0.2) is 12.7 Å². The van der Waals surface area contributed by atoms with Gasteiger partial charge >= 0.3 is 0 Å². The van der Waals surface area contributed by atoms with Crippen LogP contribution in [0.5, 0.6) is 0 Å². The molecule has 0 unspecified atom stereocenters. The summed E-state index contributed by atoms with van der Waals surface area (Å²) in [6, 6.07) is 0.332. The molecule has 0 aromatic heterocycles.